The van der Waals surface area contributed by atoms with Crippen LogP contribution in [0.2, 0.25) is 0 Å². The van der Waals surface area contributed by atoms with E-state index in [4.69, 9.17) is 0 Å². The van der Waals surface area contributed by atoms with Gasteiger partial charge in [0.25, 0.3) is 5.91 Å². The fourth-order valence-electron chi connectivity index (χ4n) is 2.66. The molecule has 1 fully saturated rings. The van der Waals surface area contributed by atoms with Crippen LogP contribution in [0.5, 0.6) is 0 Å². The number of rotatable bonds is 4. The minimum Gasteiger partial charge on any atom is -0.338 e. The zero-order chi connectivity index (χ0) is 16.2. The summed E-state index contributed by atoms with van der Waals surface area (Å²) < 4.78 is 0.997. The highest BCUT2D eigenvalue weighted by atomic mass is 127. The van der Waals surface area contributed by atoms with E-state index in [9.17, 15) is 9.59 Å². The first kappa shape index (κ1) is 16.0. The molecular weight excluding hydrogens is 403 g/mol. The van der Waals surface area contributed by atoms with Gasteiger partial charge in [-0.1, -0.05) is 24.3 Å². The Bertz CT molecular complexity index is 745. The highest BCUT2D eigenvalue weighted by Crippen LogP contribution is 2.19. The lowest BCUT2D eigenvalue weighted by molar-refractivity contribution is -0.128. The predicted molar refractivity (Wildman–Crippen MR) is 98.2 cm³/mol. The van der Waals surface area contributed by atoms with Crippen molar-refractivity contribution in [3.8, 4) is 0 Å². The molecule has 1 aliphatic heterocycles. The van der Waals surface area contributed by atoms with E-state index in [0.717, 1.165) is 27.8 Å². The van der Waals surface area contributed by atoms with Gasteiger partial charge in [-0.2, -0.15) is 0 Å². The van der Waals surface area contributed by atoms with Gasteiger partial charge in [-0.3, -0.25) is 9.59 Å². The first-order valence-electron chi connectivity index (χ1n) is 7.56. The minimum atomic E-state index is -0.135. The number of carbonyl (C=O) groups is 2. The van der Waals surface area contributed by atoms with Gasteiger partial charge in [0.2, 0.25) is 5.91 Å². The number of hydrogen-bond acceptors (Lipinski definition) is 2. The number of para-hydroxylation sites is 1. The summed E-state index contributed by atoms with van der Waals surface area (Å²) in [7, 11) is 0. The maximum Gasteiger partial charge on any atom is 0.255 e. The van der Waals surface area contributed by atoms with Crippen LogP contribution in [0.25, 0.3) is 0 Å². The third kappa shape index (κ3) is 3.90. The van der Waals surface area contributed by atoms with Gasteiger partial charge < -0.3 is 10.2 Å². The highest BCUT2D eigenvalue weighted by molar-refractivity contribution is 14.1. The van der Waals surface area contributed by atoms with E-state index >= 15 is 0 Å². The SMILES string of the molecule is O=C(Nc1ccccc1I)c1cccc(CN2CCCC2=O)c1. The van der Waals surface area contributed by atoms with Gasteiger partial charge in [0.15, 0.2) is 0 Å². The Morgan fingerprint density at radius 2 is 2.00 bits per heavy atom. The van der Waals surface area contributed by atoms with Gasteiger partial charge in [0, 0.05) is 28.6 Å². The van der Waals surface area contributed by atoms with Crippen LogP contribution in [-0.2, 0) is 11.3 Å². The molecule has 0 atom stereocenters. The Balaban J connectivity index is 1.72. The number of halogens is 1. The number of anilines is 1. The van der Waals surface area contributed by atoms with Crippen molar-refractivity contribution in [2.75, 3.05) is 11.9 Å². The number of carbonyl (C=O) groups excluding carboxylic acids is 2. The summed E-state index contributed by atoms with van der Waals surface area (Å²) in [4.78, 5) is 26.0. The van der Waals surface area contributed by atoms with Crippen molar-refractivity contribution in [3.05, 3.63) is 63.2 Å². The number of likely N-dealkylation sites (tertiary alicyclic amines) is 1. The van der Waals surface area contributed by atoms with E-state index in [1.165, 1.54) is 0 Å². The van der Waals surface area contributed by atoms with Crippen molar-refractivity contribution >= 4 is 40.1 Å². The van der Waals surface area contributed by atoms with Gasteiger partial charge in [-0.25, -0.2) is 0 Å². The zero-order valence-corrected chi connectivity index (χ0v) is 14.7. The van der Waals surface area contributed by atoms with Crippen molar-refractivity contribution in [2.24, 2.45) is 0 Å². The molecule has 0 aliphatic carbocycles. The zero-order valence-electron chi connectivity index (χ0n) is 12.6. The first-order valence-corrected chi connectivity index (χ1v) is 8.64. The van der Waals surface area contributed by atoms with Gasteiger partial charge in [-0.05, 0) is 58.8 Å². The highest BCUT2D eigenvalue weighted by Gasteiger charge is 2.20. The molecule has 0 aromatic heterocycles. The van der Waals surface area contributed by atoms with Crippen molar-refractivity contribution in [1.29, 1.82) is 0 Å². The van der Waals surface area contributed by atoms with E-state index in [1.807, 2.05) is 47.4 Å². The van der Waals surface area contributed by atoms with Crippen LogP contribution in [0.15, 0.2) is 48.5 Å². The number of nitrogens with one attached hydrogen (secondary N) is 1. The maximum absolute atomic E-state index is 12.4. The van der Waals surface area contributed by atoms with Crippen LogP contribution in [-0.4, -0.2) is 23.3 Å². The first-order chi connectivity index (χ1) is 11.1. The summed E-state index contributed by atoms with van der Waals surface area (Å²) in [6.45, 7) is 1.38. The maximum atomic E-state index is 12.4. The largest absolute Gasteiger partial charge is 0.338 e. The topological polar surface area (TPSA) is 49.4 Å². The van der Waals surface area contributed by atoms with Crippen LogP contribution < -0.4 is 5.32 Å². The Morgan fingerprint density at radius 3 is 2.74 bits per heavy atom. The third-order valence-corrected chi connectivity index (χ3v) is 4.80. The normalized spacial score (nSPS) is 14.1. The summed E-state index contributed by atoms with van der Waals surface area (Å²) in [5, 5.41) is 2.93. The fraction of sp³-hybridized carbons (Fsp3) is 0.222. The standard InChI is InChI=1S/C18H17IN2O2/c19-15-7-1-2-8-16(15)20-18(23)14-6-3-5-13(11-14)12-21-10-4-9-17(21)22/h1-3,5-8,11H,4,9-10,12H2,(H,20,23). The van der Waals surface area contributed by atoms with E-state index in [1.54, 1.807) is 6.07 Å². The van der Waals surface area contributed by atoms with Crippen molar-refractivity contribution in [2.45, 2.75) is 19.4 Å². The fourth-order valence-corrected chi connectivity index (χ4v) is 3.18. The van der Waals surface area contributed by atoms with E-state index < -0.39 is 0 Å². The molecule has 3 rings (SSSR count). The molecule has 5 heteroatoms. The summed E-state index contributed by atoms with van der Waals surface area (Å²) >= 11 is 2.20. The Kier molecular flexibility index (Phi) is 4.95. The Hall–Kier alpha value is -1.89. The van der Waals surface area contributed by atoms with Gasteiger partial charge >= 0.3 is 0 Å². The number of benzene rings is 2. The third-order valence-electron chi connectivity index (χ3n) is 3.86. The predicted octanol–water partition coefficient (Wildman–Crippen LogP) is 3.67. The van der Waals surface area contributed by atoms with Crippen LogP contribution >= 0.6 is 22.6 Å². The Labute approximate surface area is 149 Å². The minimum absolute atomic E-state index is 0.135. The molecule has 1 heterocycles. The number of amides is 2. The van der Waals surface area contributed by atoms with Crippen molar-refractivity contribution in [3.63, 3.8) is 0 Å². The molecule has 0 saturated carbocycles. The molecule has 2 aromatic carbocycles. The van der Waals surface area contributed by atoms with Gasteiger partial charge in [0.1, 0.15) is 0 Å². The van der Waals surface area contributed by atoms with Crippen molar-refractivity contribution < 1.29 is 9.59 Å². The quantitative estimate of drug-likeness (QED) is 0.768. The number of hydrogen-bond donors (Lipinski definition) is 1. The van der Waals surface area contributed by atoms with E-state index in [0.29, 0.717) is 18.5 Å². The molecule has 2 amide bonds. The molecule has 23 heavy (non-hydrogen) atoms. The summed E-state index contributed by atoms with van der Waals surface area (Å²) in [5.74, 6) is 0.0578. The van der Waals surface area contributed by atoms with Crippen molar-refractivity contribution in [1.82, 2.24) is 4.90 Å². The van der Waals surface area contributed by atoms with E-state index in [2.05, 4.69) is 27.9 Å². The van der Waals surface area contributed by atoms with E-state index in [-0.39, 0.29) is 11.8 Å². The lowest BCUT2D eigenvalue weighted by Crippen LogP contribution is -2.24. The van der Waals surface area contributed by atoms with Gasteiger partial charge in [-0.15, -0.1) is 0 Å². The number of nitrogens with zero attached hydrogens (tertiary/aromatic N) is 1. The molecule has 1 N–H and O–H groups in total. The molecule has 0 spiro atoms. The van der Waals surface area contributed by atoms with Crippen LogP contribution in [0, 0.1) is 3.57 Å². The lowest BCUT2D eigenvalue weighted by atomic mass is 10.1. The molecule has 0 bridgehead atoms. The lowest BCUT2D eigenvalue weighted by Gasteiger charge is -2.16. The average Bonchev–Trinajstić information content (AvgIpc) is 2.95. The second-order valence-electron chi connectivity index (χ2n) is 5.55. The molecule has 0 unspecified atom stereocenters. The molecule has 2 aromatic rings. The molecule has 4 nitrogen and oxygen atoms in total. The molecule has 118 valence electrons. The molecule has 0 radical (unpaired) electrons. The molecular formula is C18H17IN2O2. The smallest absolute Gasteiger partial charge is 0.255 e. The monoisotopic (exact) mass is 420 g/mol. The summed E-state index contributed by atoms with van der Waals surface area (Å²) in [6, 6.07) is 15.1. The van der Waals surface area contributed by atoms with Gasteiger partial charge in [0.05, 0.1) is 5.69 Å². The van der Waals surface area contributed by atoms with Crippen LogP contribution in [0.1, 0.15) is 28.8 Å². The Morgan fingerprint density at radius 1 is 1.17 bits per heavy atom. The van der Waals surface area contributed by atoms with Crippen LogP contribution in [0.3, 0.4) is 0 Å². The summed E-state index contributed by atoms with van der Waals surface area (Å²) in [6.07, 6.45) is 1.55. The molecule has 1 saturated heterocycles. The second-order valence-corrected chi connectivity index (χ2v) is 6.72. The molecule has 1 aliphatic rings. The average molecular weight is 420 g/mol. The second kappa shape index (κ2) is 7.12. The van der Waals surface area contributed by atoms with Crippen LogP contribution in [0.4, 0.5) is 5.69 Å². The summed E-state index contributed by atoms with van der Waals surface area (Å²) in [5.41, 5.74) is 2.39.